The number of morpholine rings is 1. The lowest BCUT2D eigenvalue weighted by atomic mass is 10.1. The molecule has 1 aliphatic heterocycles. The third-order valence-electron chi connectivity index (χ3n) is 6.58. The van der Waals surface area contributed by atoms with Gasteiger partial charge in [0.05, 0.1) is 31.5 Å². The fraction of sp³-hybridized carbons (Fsp3) is 0.464. The second-order valence-corrected chi connectivity index (χ2v) is 10.9. The molecule has 2 amide bonds. The molecule has 2 aromatic heterocycles. The molecule has 3 heterocycles. The Morgan fingerprint density at radius 3 is 2.73 bits per heavy atom. The summed E-state index contributed by atoms with van der Waals surface area (Å²) in [5, 5.41) is 12.7. The van der Waals surface area contributed by atoms with E-state index in [-0.39, 0.29) is 49.8 Å². The monoisotopic (exact) mass is 623 g/mol. The number of nitrogens with one attached hydrogen (secondary N) is 2. The van der Waals surface area contributed by atoms with E-state index >= 15 is 0 Å². The molecule has 12 nitrogen and oxygen atoms in total. The third kappa shape index (κ3) is 10.2. The molecule has 4 rings (SSSR count). The maximum Gasteiger partial charge on any atom is 0.573 e. The molecule has 1 aliphatic rings. The van der Waals surface area contributed by atoms with Crippen LogP contribution in [0, 0.1) is 0 Å². The highest BCUT2D eigenvalue weighted by molar-refractivity contribution is 5.92. The molecule has 16 heteroatoms. The second-order valence-electron chi connectivity index (χ2n) is 10.9. The zero-order chi connectivity index (χ0) is 31.9. The van der Waals surface area contributed by atoms with Crippen molar-refractivity contribution in [2.24, 2.45) is 0 Å². The molecule has 1 aromatic carbocycles. The fourth-order valence-electron chi connectivity index (χ4n) is 4.61. The van der Waals surface area contributed by atoms with Gasteiger partial charge in [0.15, 0.2) is 5.69 Å². The van der Waals surface area contributed by atoms with E-state index in [0.717, 1.165) is 16.8 Å². The Balaban J connectivity index is 1.21. The molecule has 1 saturated heterocycles. The number of rotatable bonds is 12. The van der Waals surface area contributed by atoms with E-state index < -0.39 is 29.7 Å². The van der Waals surface area contributed by atoms with Crippen LogP contribution in [0.15, 0.2) is 53.6 Å². The topological polar surface area (TPSA) is 133 Å². The summed E-state index contributed by atoms with van der Waals surface area (Å²) in [6, 6.07) is 7.98. The van der Waals surface area contributed by atoms with Gasteiger partial charge in [-0.15, -0.1) is 18.3 Å². The number of hydrogen-bond acceptors (Lipinski definition) is 8. The number of aromatic nitrogens is 4. The van der Waals surface area contributed by atoms with Crippen molar-refractivity contribution in [1.29, 1.82) is 0 Å². The molecule has 44 heavy (non-hydrogen) atoms. The molecule has 0 radical (unpaired) electrons. The summed E-state index contributed by atoms with van der Waals surface area (Å²) >= 11 is 0. The van der Waals surface area contributed by atoms with E-state index in [9.17, 15) is 31.9 Å². The highest BCUT2D eigenvalue weighted by atomic mass is 19.4. The van der Waals surface area contributed by atoms with Crippen molar-refractivity contribution in [3.8, 4) is 5.75 Å². The lowest BCUT2D eigenvalue weighted by Gasteiger charge is -2.37. The average Bonchev–Trinajstić information content (AvgIpc) is 3.38. The average molecular weight is 624 g/mol. The van der Waals surface area contributed by atoms with Crippen molar-refractivity contribution in [3.63, 3.8) is 0 Å². The van der Waals surface area contributed by atoms with Crippen LogP contribution < -0.4 is 20.9 Å². The fourth-order valence-corrected chi connectivity index (χ4v) is 4.61. The lowest BCUT2D eigenvalue weighted by Crippen LogP contribution is -2.50. The Morgan fingerprint density at radius 1 is 1.20 bits per heavy atom. The number of aryl methyl sites for hydroxylation is 1. The summed E-state index contributed by atoms with van der Waals surface area (Å²) in [5.74, 6) is -1.33. The first-order valence-electron chi connectivity index (χ1n) is 13.8. The highest BCUT2D eigenvalue weighted by Gasteiger charge is 2.31. The summed E-state index contributed by atoms with van der Waals surface area (Å²) in [4.78, 5) is 39.3. The van der Waals surface area contributed by atoms with E-state index in [1.54, 1.807) is 6.07 Å². The number of benzene rings is 1. The Morgan fingerprint density at radius 2 is 2.00 bits per heavy atom. The summed E-state index contributed by atoms with van der Waals surface area (Å²) in [6.45, 7) is 5.59. The van der Waals surface area contributed by atoms with Gasteiger partial charge in [-0.3, -0.25) is 19.3 Å². The third-order valence-corrected chi connectivity index (χ3v) is 6.58. The molecular formula is C28H33F4N7O5. The predicted molar refractivity (Wildman–Crippen MR) is 150 cm³/mol. The summed E-state index contributed by atoms with van der Waals surface area (Å²) in [6.07, 6.45) is -3.57. The first-order valence-corrected chi connectivity index (χ1v) is 13.8. The highest BCUT2D eigenvalue weighted by Crippen LogP contribution is 2.23. The Kier molecular flexibility index (Phi) is 10.4. The molecule has 0 bridgehead atoms. The number of carbonyl (C=O) groups excluding carboxylic acids is 2. The molecule has 1 unspecified atom stereocenters. The van der Waals surface area contributed by atoms with E-state index in [0.29, 0.717) is 30.9 Å². The van der Waals surface area contributed by atoms with Crippen LogP contribution in [0.2, 0.25) is 0 Å². The predicted octanol–water partition coefficient (Wildman–Crippen LogP) is 2.75. The number of anilines is 1. The molecule has 0 saturated carbocycles. The van der Waals surface area contributed by atoms with Crippen LogP contribution in [0.25, 0.3) is 0 Å². The normalized spacial score (nSPS) is 15.9. The Hall–Kier alpha value is -4.31. The van der Waals surface area contributed by atoms with Crippen LogP contribution in [0.1, 0.15) is 36.3 Å². The largest absolute Gasteiger partial charge is 0.573 e. The van der Waals surface area contributed by atoms with Gasteiger partial charge >= 0.3 is 6.36 Å². The van der Waals surface area contributed by atoms with Gasteiger partial charge in [-0.2, -0.15) is 0 Å². The van der Waals surface area contributed by atoms with Gasteiger partial charge in [-0.1, -0.05) is 17.3 Å². The van der Waals surface area contributed by atoms with Gasteiger partial charge in [0.1, 0.15) is 11.9 Å². The molecule has 238 valence electrons. The van der Waals surface area contributed by atoms with Crippen molar-refractivity contribution >= 4 is 17.5 Å². The molecule has 1 fully saturated rings. The molecule has 1 atom stereocenters. The summed E-state index contributed by atoms with van der Waals surface area (Å²) < 4.78 is 63.9. The number of pyridine rings is 1. The minimum atomic E-state index is -4.84. The maximum absolute atomic E-state index is 14.7. The van der Waals surface area contributed by atoms with Gasteiger partial charge in [-0.25, -0.2) is 9.07 Å². The van der Waals surface area contributed by atoms with Crippen LogP contribution in [-0.4, -0.2) is 80.7 Å². The van der Waals surface area contributed by atoms with Gasteiger partial charge in [0, 0.05) is 44.1 Å². The van der Waals surface area contributed by atoms with E-state index in [4.69, 9.17) is 4.74 Å². The molecule has 2 N–H and O–H groups in total. The minimum Gasteiger partial charge on any atom is -0.406 e. The van der Waals surface area contributed by atoms with E-state index in [2.05, 4.69) is 25.7 Å². The van der Waals surface area contributed by atoms with E-state index in [1.165, 1.54) is 35.2 Å². The van der Waals surface area contributed by atoms with Gasteiger partial charge < -0.3 is 24.7 Å². The van der Waals surface area contributed by atoms with Crippen LogP contribution in [0.4, 0.5) is 23.2 Å². The number of nitrogens with zero attached hydrogens (tertiary/aromatic N) is 5. The van der Waals surface area contributed by atoms with Gasteiger partial charge in [0.2, 0.25) is 5.91 Å². The number of ether oxygens (including phenoxy) is 2. The number of halogens is 4. The van der Waals surface area contributed by atoms with E-state index in [1.807, 2.05) is 18.7 Å². The van der Waals surface area contributed by atoms with Crippen molar-refractivity contribution < 1.29 is 36.6 Å². The quantitative estimate of drug-likeness (QED) is 0.295. The van der Waals surface area contributed by atoms with Gasteiger partial charge in [0.25, 0.3) is 11.5 Å². The van der Waals surface area contributed by atoms with Gasteiger partial charge in [-0.05, 0) is 44.0 Å². The summed E-state index contributed by atoms with van der Waals surface area (Å²) in [7, 11) is 0. The lowest BCUT2D eigenvalue weighted by molar-refractivity contribution is -0.274. The van der Waals surface area contributed by atoms with Crippen LogP contribution in [0.3, 0.4) is 0 Å². The maximum atomic E-state index is 14.7. The molecule has 0 aliphatic carbocycles. The Bertz CT molecular complexity index is 1510. The molecular weight excluding hydrogens is 590 g/mol. The Labute approximate surface area is 249 Å². The van der Waals surface area contributed by atoms with Crippen molar-refractivity contribution in [2.75, 3.05) is 31.6 Å². The molecule has 3 aromatic rings. The van der Waals surface area contributed by atoms with Crippen LogP contribution in [-0.2, 0) is 29.2 Å². The van der Waals surface area contributed by atoms with Crippen molar-refractivity contribution in [1.82, 2.24) is 29.8 Å². The van der Waals surface area contributed by atoms with Crippen molar-refractivity contribution in [2.45, 2.75) is 58.0 Å². The van der Waals surface area contributed by atoms with Crippen molar-refractivity contribution in [3.05, 3.63) is 70.4 Å². The van der Waals surface area contributed by atoms with Crippen LogP contribution in [0.5, 0.6) is 5.75 Å². The molecule has 0 spiro atoms. The standard InChI is InChI=1S/C28H33F4N7O5/c1-27(2)18-37(10-11-43-27)17-24(40)34-21-7-9-38(25(41)13-21)8-6-20(29)15-39-16-23(35-36-39)26(42)33-14-19-4-3-5-22(12-19)44-28(30,31)32/h3-5,7,9,12-13,16,20H,6,8,10-11,14-15,17-18H2,1-2H3,(H,33,42)(H,34,40). The SMILES string of the molecule is CC1(C)CN(CC(=O)Nc2ccn(CCC(F)Cn3cc(C(=O)NCc4cccc(OC(F)(F)F)c4)nn3)c(=O)c2)CCO1. The zero-order valence-electron chi connectivity index (χ0n) is 24.1. The summed E-state index contributed by atoms with van der Waals surface area (Å²) in [5.41, 5.74) is -0.144. The number of amides is 2. The smallest absolute Gasteiger partial charge is 0.406 e. The number of carbonyl (C=O) groups is 2. The number of alkyl halides is 4. The first kappa shape index (κ1) is 32.6. The number of hydrogen-bond donors (Lipinski definition) is 2. The van der Waals surface area contributed by atoms with Crippen LogP contribution >= 0.6 is 0 Å². The first-order chi connectivity index (χ1) is 20.7. The zero-order valence-corrected chi connectivity index (χ0v) is 24.1. The minimum absolute atomic E-state index is 0.0316. The second kappa shape index (κ2) is 14.0.